The molecule has 0 bridgehead atoms. The van der Waals surface area contributed by atoms with Crippen molar-refractivity contribution in [3.05, 3.63) is 23.8 Å². The number of hydrogen-bond acceptors (Lipinski definition) is 4. The Bertz CT molecular complexity index is 560. The van der Waals surface area contributed by atoms with Gasteiger partial charge in [0.25, 0.3) is 0 Å². The molecule has 0 unspecified atom stereocenters. The molecule has 0 aliphatic rings. The third kappa shape index (κ3) is 2.08. The van der Waals surface area contributed by atoms with Crippen LogP contribution in [0.3, 0.4) is 0 Å². The Balaban J connectivity index is 2.43. The van der Waals surface area contributed by atoms with Crippen LogP contribution in [0.15, 0.2) is 18.2 Å². The summed E-state index contributed by atoms with van der Waals surface area (Å²) < 4.78 is 6.57. The molecule has 5 heteroatoms. The summed E-state index contributed by atoms with van der Waals surface area (Å²) in [5, 5.41) is 0. The highest BCUT2D eigenvalue weighted by Gasteiger charge is 2.12. The number of fused-ring (bicyclic) bond motifs is 1. The minimum atomic E-state index is -0.306. The zero-order valence-electron chi connectivity index (χ0n) is 9.93. The summed E-state index contributed by atoms with van der Waals surface area (Å²) in [6.07, 6.45) is 0. The number of ether oxygens (including phenoxy) is 1. The molecule has 90 valence electrons. The van der Waals surface area contributed by atoms with Gasteiger partial charge in [0.15, 0.2) is 0 Å². The zero-order valence-corrected chi connectivity index (χ0v) is 9.93. The minimum absolute atomic E-state index is 0.0969. The largest absolute Gasteiger partial charge is 0.465 e. The lowest BCUT2D eigenvalue weighted by Gasteiger charge is -2.05. The van der Waals surface area contributed by atoms with Crippen LogP contribution in [0.1, 0.15) is 12.5 Å². The van der Waals surface area contributed by atoms with E-state index in [0.29, 0.717) is 12.6 Å². The highest BCUT2D eigenvalue weighted by Crippen LogP contribution is 2.20. The van der Waals surface area contributed by atoms with Crippen LogP contribution in [-0.2, 0) is 16.1 Å². The van der Waals surface area contributed by atoms with Crippen molar-refractivity contribution in [2.75, 3.05) is 12.3 Å². The average molecular weight is 233 g/mol. The van der Waals surface area contributed by atoms with Gasteiger partial charge in [-0.3, -0.25) is 9.36 Å². The molecular weight excluding hydrogens is 218 g/mol. The maximum atomic E-state index is 11.5. The van der Waals surface area contributed by atoms with E-state index in [1.165, 1.54) is 0 Å². The summed E-state index contributed by atoms with van der Waals surface area (Å²) in [5.41, 5.74) is 8.53. The highest BCUT2D eigenvalue weighted by molar-refractivity contribution is 5.83. The van der Waals surface area contributed by atoms with Crippen LogP contribution in [0, 0.1) is 6.92 Å². The topological polar surface area (TPSA) is 70.1 Å². The predicted molar refractivity (Wildman–Crippen MR) is 65.5 cm³/mol. The van der Waals surface area contributed by atoms with E-state index < -0.39 is 0 Å². The second kappa shape index (κ2) is 4.45. The number of rotatable bonds is 3. The van der Waals surface area contributed by atoms with E-state index in [1.807, 2.05) is 25.1 Å². The number of imidazole rings is 1. The third-order valence-electron chi connectivity index (χ3n) is 2.60. The van der Waals surface area contributed by atoms with Crippen molar-refractivity contribution >= 4 is 23.0 Å². The molecule has 0 amide bonds. The molecule has 2 rings (SSSR count). The molecule has 0 saturated carbocycles. The van der Waals surface area contributed by atoms with Crippen LogP contribution < -0.4 is 5.73 Å². The van der Waals surface area contributed by atoms with Crippen LogP contribution in [-0.4, -0.2) is 22.1 Å². The quantitative estimate of drug-likeness (QED) is 0.815. The zero-order chi connectivity index (χ0) is 12.4. The van der Waals surface area contributed by atoms with Gasteiger partial charge in [-0.05, 0) is 25.5 Å². The molecule has 0 aliphatic carbocycles. The molecule has 17 heavy (non-hydrogen) atoms. The number of nitrogens with two attached hydrogens (primary N) is 1. The molecule has 0 atom stereocenters. The van der Waals surface area contributed by atoms with Crippen molar-refractivity contribution < 1.29 is 9.53 Å². The first kappa shape index (κ1) is 11.4. The lowest BCUT2D eigenvalue weighted by molar-refractivity contribution is -0.143. The number of benzene rings is 1. The second-order valence-corrected chi connectivity index (χ2v) is 3.80. The summed E-state index contributed by atoms with van der Waals surface area (Å²) in [7, 11) is 0. The Morgan fingerprint density at radius 1 is 1.53 bits per heavy atom. The number of aromatic nitrogens is 2. The number of para-hydroxylation sites is 1. The van der Waals surface area contributed by atoms with Gasteiger partial charge in [0, 0.05) is 0 Å². The lowest BCUT2D eigenvalue weighted by atomic mass is 10.2. The van der Waals surface area contributed by atoms with E-state index in [2.05, 4.69) is 4.98 Å². The average Bonchev–Trinajstić information content (AvgIpc) is 2.58. The van der Waals surface area contributed by atoms with Crippen LogP contribution in [0.2, 0.25) is 0 Å². The third-order valence-corrected chi connectivity index (χ3v) is 2.60. The number of esters is 1. The maximum absolute atomic E-state index is 11.5. The fourth-order valence-corrected chi connectivity index (χ4v) is 1.81. The number of nitrogens with zero attached hydrogens (tertiary/aromatic N) is 2. The Hall–Kier alpha value is -2.04. The van der Waals surface area contributed by atoms with Gasteiger partial charge in [-0.25, -0.2) is 4.98 Å². The van der Waals surface area contributed by atoms with E-state index in [-0.39, 0.29) is 12.5 Å². The number of nitrogen functional groups attached to an aromatic ring is 1. The second-order valence-electron chi connectivity index (χ2n) is 3.80. The van der Waals surface area contributed by atoms with Crippen molar-refractivity contribution in [1.29, 1.82) is 0 Å². The smallest absolute Gasteiger partial charge is 0.326 e. The molecule has 0 spiro atoms. The standard InChI is InChI=1S/C12H15N3O2/c1-3-17-10(16)7-15-9-6-4-5-8(2)11(9)14-12(15)13/h4-6H,3,7H2,1-2H3,(H2,13,14). The van der Waals surface area contributed by atoms with Crippen LogP contribution in [0.5, 0.6) is 0 Å². The fourth-order valence-electron chi connectivity index (χ4n) is 1.81. The van der Waals surface area contributed by atoms with Gasteiger partial charge >= 0.3 is 5.97 Å². The molecule has 0 fully saturated rings. The Labute approximate surface area is 99.2 Å². The summed E-state index contributed by atoms with van der Waals surface area (Å²) in [6, 6.07) is 5.77. The van der Waals surface area contributed by atoms with Crippen molar-refractivity contribution in [3.63, 3.8) is 0 Å². The number of anilines is 1. The van der Waals surface area contributed by atoms with E-state index in [9.17, 15) is 4.79 Å². The highest BCUT2D eigenvalue weighted by atomic mass is 16.5. The fraction of sp³-hybridized carbons (Fsp3) is 0.333. The van der Waals surface area contributed by atoms with Gasteiger partial charge in [0.2, 0.25) is 5.95 Å². The van der Waals surface area contributed by atoms with E-state index >= 15 is 0 Å². The predicted octanol–water partition coefficient (Wildman–Crippen LogP) is 1.49. The Morgan fingerprint density at radius 2 is 2.29 bits per heavy atom. The van der Waals surface area contributed by atoms with Gasteiger partial charge in [0.05, 0.1) is 17.6 Å². The SMILES string of the molecule is CCOC(=O)Cn1c(N)nc2c(C)cccc21. The first-order valence-electron chi connectivity index (χ1n) is 5.50. The van der Waals surface area contributed by atoms with Crippen LogP contribution in [0.4, 0.5) is 5.95 Å². The van der Waals surface area contributed by atoms with E-state index in [1.54, 1.807) is 11.5 Å². The van der Waals surface area contributed by atoms with E-state index in [4.69, 9.17) is 10.5 Å². The van der Waals surface area contributed by atoms with Crippen molar-refractivity contribution in [3.8, 4) is 0 Å². The van der Waals surface area contributed by atoms with Crippen molar-refractivity contribution in [2.45, 2.75) is 20.4 Å². The molecule has 0 radical (unpaired) electrons. The first-order chi connectivity index (χ1) is 8.13. The lowest BCUT2D eigenvalue weighted by Crippen LogP contribution is -2.15. The van der Waals surface area contributed by atoms with Crippen LogP contribution >= 0.6 is 0 Å². The van der Waals surface area contributed by atoms with Crippen molar-refractivity contribution in [2.24, 2.45) is 0 Å². The molecule has 1 heterocycles. The summed E-state index contributed by atoms with van der Waals surface area (Å²) in [5.74, 6) is 0.0300. The molecule has 5 nitrogen and oxygen atoms in total. The molecule has 1 aromatic carbocycles. The molecular formula is C12H15N3O2. The summed E-state index contributed by atoms with van der Waals surface area (Å²) in [4.78, 5) is 15.7. The summed E-state index contributed by atoms with van der Waals surface area (Å²) >= 11 is 0. The van der Waals surface area contributed by atoms with Gasteiger partial charge in [-0.15, -0.1) is 0 Å². The van der Waals surface area contributed by atoms with Gasteiger partial charge in [-0.2, -0.15) is 0 Å². The Morgan fingerprint density at radius 3 is 3.00 bits per heavy atom. The van der Waals surface area contributed by atoms with Gasteiger partial charge < -0.3 is 10.5 Å². The monoisotopic (exact) mass is 233 g/mol. The number of hydrogen-bond donors (Lipinski definition) is 1. The van der Waals surface area contributed by atoms with E-state index in [0.717, 1.165) is 16.6 Å². The van der Waals surface area contributed by atoms with Gasteiger partial charge in [-0.1, -0.05) is 12.1 Å². The number of carbonyl (C=O) groups is 1. The maximum Gasteiger partial charge on any atom is 0.326 e. The Kier molecular flexibility index (Phi) is 2.99. The number of carbonyl (C=O) groups excluding carboxylic acids is 1. The normalized spacial score (nSPS) is 10.7. The summed E-state index contributed by atoms with van der Waals surface area (Å²) in [6.45, 7) is 4.20. The first-order valence-corrected chi connectivity index (χ1v) is 5.50. The molecule has 0 aliphatic heterocycles. The molecule has 1 aromatic heterocycles. The number of aryl methyl sites for hydroxylation is 1. The molecule has 2 N–H and O–H groups in total. The van der Waals surface area contributed by atoms with Gasteiger partial charge in [0.1, 0.15) is 6.54 Å². The molecule has 0 saturated heterocycles. The van der Waals surface area contributed by atoms with Crippen LogP contribution in [0.25, 0.3) is 11.0 Å². The van der Waals surface area contributed by atoms with Crippen molar-refractivity contribution in [1.82, 2.24) is 9.55 Å². The molecule has 2 aromatic rings. The minimum Gasteiger partial charge on any atom is -0.465 e.